The highest BCUT2D eigenvalue weighted by Gasteiger charge is 2.33. The molecule has 0 spiro atoms. The van der Waals surface area contributed by atoms with Crippen LogP contribution in [0.2, 0.25) is 0 Å². The number of ether oxygens (including phenoxy) is 3. The number of rotatable bonds is 17. The standard InChI is InChI=1S/C35H41N7O10S/c1-24-33(35(45)41(39(24)2)26-7-5-4-6-8-26)25-21-30(34(44)37-16-15-36-31-14-9-27(23-38-31)42(46)47)52-32(22-25)51-20-18-40(17-19-43)53(48,49)29-12-10-28(50-3)11-13-29/h4-14,21,23,25,32,43H,15-20,22H2,1-3H3,(H,36,38)(H,37,44). The third-order valence-corrected chi connectivity index (χ3v) is 10.5. The Balaban J connectivity index is 1.33. The molecule has 2 atom stereocenters. The number of anilines is 1. The van der Waals surface area contributed by atoms with E-state index in [4.69, 9.17) is 14.2 Å². The van der Waals surface area contributed by atoms with Gasteiger partial charge < -0.3 is 30.0 Å². The van der Waals surface area contributed by atoms with Gasteiger partial charge in [-0.3, -0.25) is 24.4 Å². The van der Waals surface area contributed by atoms with Gasteiger partial charge in [-0.1, -0.05) is 18.2 Å². The molecule has 53 heavy (non-hydrogen) atoms. The zero-order valence-corrected chi connectivity index (χ0v) is 30.2. The van der Waals surface area contributed by atoms with E-state index in [1.807, 2.05) is 37.3 Å². The van der Waals surface area contributed by atoms with Crippen molar-refractivity contribution < 1.29 is 37.5 Å². The summed E-state index contributed by atoms with van der Waals surface area (Å²) in [7, 11) is -0.775. The number of methoxy groups -OCH3 is 1. The lowest BCUT2D eigenvalue weighted by Gasteiger charge is -2.29. The number of carbonyl (C=O) groups is 1. The molecule has 1 aliphatic rings. The number of aliphatic hydroxyl groups excluding tert-OH is 1. The highest BCUT2D eigenvalue weighted by Crippen LogP contribution is 2.32. The predicted molar refractivity (Wildman–Crippen MR) is 193 cm³/mol. The monoisotopic (exact) mass is 751 g/mol. The topological polar surface area (TPSA) is 209 Å². The normalized spacial score (nSPS) is 15.8. The van der Waals surface area contributed by atoms with Crippen LogP contribution < -0.4 is 20.9 Å². The molecule has 0 bridgehead atoms. The maximum Gasteiger partial charge on any atom is 0.287 e. The number of hydrogen-bond acceptors (Lipinski definition) is 12. The first-order valence-electron chi connectivity index (χ1n) is 16.7. The van der Waals surface area contributed by atoms with E-state index in [1.54, 1.807) is 17.8 Å². The number of carbonyl (C=O) groups excluding carboxylic acids is 1. The lowest BCUT2D eigenvalue weighted by molar-refractivity contribution is -0.385. The van der Waals surface area contributed by atoms with Crippen molar-refractivity contribution in [3.8, 4) is 11.4 Å². The molecule has 18 heteroatoms. The Hall–Kier alpha value is -5.56. The third-order valence-electron chi connectivity index (χ3n) is 8.62. The summed E-state index contributed by atoms with van der Waals surface area (Å²) in [6, 6.07) is 17.8. The van der Waals surface area contributed by atoms with Crippen molar-refractivity contribution in [2.45, 2.75) is 30.4 Å². The number of aliphatic hydroxyl groups is 1. The van der Waals surface area contributed by atoms with Gasteiger partial charge in [-0.2, -0.15) is 4.31 Å². The number of pyridine rings is 1. The fourth-order valence-electron chi connectivity index (χ4n) is 5.83. The van der Waals surface area contributed by atoms with E-state index < -0.39 is 39.7 Å². The van der Waals surface area contributed by atoms with Gasteiger partial charge in [-0.25, -0.2) is 18.1 Å². The molecule has 3 N–H and O–H groups in total. The average molecular weight is 752 g/mol. The largest absolute Gasteiger partial charge is 0.497 e. The number of hydrogen-bond donors (Lipinski definition) is 3. The Morgan fingerprint density at radius 2 is 1.85 bits per heavy atom. The highest BCUT2D eigenvalue weighted by molar-refractivity contribution is 7.89. The van der Waals surface area contributed by atoms with Crippen LogP contribution in [0.5, 0.6) is 5.75 Å². The third kappa shape index (κ3) is 9.09. The van der Waals surface area contributed by atoms with Gasteiger partial charge in [-0.05, 0) is 55.5 Å². The fourth-order valence-corrected chi connectivity index (χ4v) is 7.25. The summed E-state index contributed by atoms with van der Waals surface area (Å²) in [6.07, 6.45) is 1.80. The van der Waals surface area contributed by atoms with Gasteiger partial charge >= 0.3 is 0 Å². The first kappa shape index (κ1) is 38.7. The molecule has 5 rings (SSSR count). The second-order valence-electron chi connectivity index (χ2n) is 11.9. The van der Waals surface area contributed by atoms with Crippen LogP contribution in [-0.2, 0) is 31.3 Å². The van der Waals surface area contributed by atoms with Crippen LogP contribution in [0.25, 0.3) is 5.69 Å². The number of nitrogens with one attached hydrogen (secondary N) is 2. The van der Waals surface area contributed by atoms with Crippen LogP contribution in [0.3, 0.4) is 0 Å². The first-order chi connectivity index (χ1) is 25.4. The van der Waals surface area contributed by atoms with Gasteiger partial charge in [0.05, 0.1) is 35.8 Å². The molecule has 0 radical (unpaired) electrons. The van der Waals surface area contributed by atoms with E-state index in [9.17, 15) is 33.2 Å². The van der Waals surface area contributed by atoms with Crippen molar-refractivity contribution in [2.75, 3.05) is 51.8 Å². The molecule has 4 aromatic rings. The van der Waals surface area contributed by atoms with Gasteiger partial charge in [0, 0.05) is 62.9 Å². The van der Waals surface area contributed by atoms with Crippen molar-refractivity contribution in [2.24, 2.45) is 7.05 Å². The van der Waals surface area contributed by atoms with Crippen molar-refractivity contribution in [3.05, 3.63) is 116 Å². The number of aromatic nitrogens is 3. The molecule has 0 saturated carbocycles. The molecule has 1 aliphatic heterocycles. The summed E-state index contributed by atoms with van der Waals surface area (Å²) >= 11 is 0. The zero-order chi connectivity index (χ0) is 38.1. The molecule has 0 saturated heterocycles. The summed E-state index contributed by atoms with van der Waals surface area (Å²) in [5.41, 5.74) is 1.33. The van der Waals surface area contributed by atoms with Crippen molar-refractivity contribution in [1.29, 1.82) is 0 Å². The van der Waals surface area contributed by atoms with E-state index in [0.717, 1.165) is 10.5 Å². The summed E-state index contributed by atoms with van der Waals surface area (Å²) in [5.74, 6) is -0.420. The lowest BCUT2D eigenvalue weighted by Crippen LogP contribution is -2.38. The predicted octanol–water partition coefficient (Wildman–Crippen LogP) is 2.44. The minimum absolute atomic E-state index is 0.00992. The number of sulfonamides is 1. The van der Waals surface area contributed by atoms with Crippen LogP contribution in [0.1, 0.15) is 23.6 Å². The molecule has 17 nitrogen and oxygen atoms in total. The van der Waals surface area contributed by atoms with Crippen LogP contribution in [0.4, 0.5) is 11.5 Å². The molecular weight excluding hydrogens is 710 g/mol. The van der Waals surface area contributed by atoms with E-state index in [2.05, 4.69) is 15.6 Å². The van der Waals surface area contributed by atoms with Gasteiger partial charge in [0.15, 0.2) is 5.76 Å². The zero-order valence-electron chi connectivity index (χ0n) is 29.4. The number of para-hydroxylation sites is 1. The Bertz CT molecular complexity index is 2080. The Labute approximate surface area is 305 Å². The quantitative estimate of drug-likeness (QED) is 0.0808. The molecule has 0 fully saturated rings. The van der Waals surface area contributed by atoms with Crippen LogP contribution >= 0.6 is 0 Å². The number of amides is 1. The Morgan fingerprint density at radius 3 is 2.49 bits per heavy atom. The number of nitrogens with zero attached hydrogens (tertiary/aromatic N) is 5. The Kier molecular flexibility index (Phi) is 12.6. The van der Waals surface area contributed by atoms with Crippen molar-refractivity contribution in [1.82, 2.24) is 24.0 Å². The van der Waals surface area contributed by atoms with Gasteiger partial charge in [0.2, 0.25) is 16.3 Å². The van der Waals surface area contributed by atoms with Crippen LogP contribution in [-0.4, -0.2) is 95.8 Å². The number of allylic oxidation sites excluding steroid dienone is 1. The highest BCUT2D eigenvalue weighted by atomic mass is 32.2. The Morgan fingerprint density at radius 1 is 1.11 bits per heavy atom. The maximum absolute atomic E-state index is 13.9. The molecule has 2 aromatic carbocycles. The maximum atomic E-state index is 13.9. The number of nitro groups is 1. The first-order valence-corrected chi connectivity index (χ1v) is 18.1. The van der Waals surface area contributed by atoms with E-state index in [1.165, 1.54) is 48.2 Å². The molecule has 0 aliphatic carbocycles. The second kappa shape index (κ2) is 17.3. The minimum Gasteiger partial charge on any atom is -0.497 e. The lowest BCUT2D eigenvalue weighted by atomic mass is 9.93. The van der Waals surface area contributed by atoms with E-state index in [0.29, 0.717) is 28.5 Å². The van der Waals surface area contributed by atoms with Gasteiger partial charge in [0.1, 0.15) is 17.8 Å². The van der Waals surface area contributed by atoms with Crippen LogP contribution in [0.15, 0.2) is 94.5 Å². The average Bonchev–Trinajstić information content (AvgIpc) is 3.39. The van der Waals surface area contributed by atoms with E-state index >= 15 is 0 Å². The molecule has 1 amide bonds. The van der Waals surface area contributed by atoms with E-state index in [-0.39, 0.29) is 61.1 Å². The van der Waals surface area contributed by atoms with Crippen molar-refractivity contribution >= 4 is 27.4 Å². The molecule has 2 aromatic heterocycles. The van der Waals surface area contributed by atoms with Gasteiger partial charge in [-0.15, -0.1) is 0 Å². The molecular formula is C35H41N7O10S. The second-order valence-corrected chi connectivity index (χ2v) is 13.8. The summed E-state index contributed by atoms with van der Waals surface area (Å²) in [4.78, 5) is 41.7. The smallest absolute Gasteiger partial charge is 0.287 e. The number of benzene rings is 2. The molecule has 3 heterocycles. The summed E-state index contributed by atoms with van der Waals surface area (Å²) in [6.45, 7) is 1.25. The summed E-state index contributed by atoms with van der Waals surface area (Å²) < 4.78 is 48.3. The molecule has 2 unspecified atom stereocenters. The summed E-state index contributed by atoms with van der Waals surface area (Å²) in [5, 5.41) is 26.3. The fraction of sp³-hybridized carbons (Fsp3) is 0.343. The SMILES string of the molecule is COc1ccc(S(=O)(=O)N(CCO)CCOC2CC(c3c(C)n(C)n(-c4ccccc4)c3=O)C=C(C(=O)NCCNc3ccc([N+](=O)[O-])cn3)O2)cc1. The van der Waals surface area contributed by atoms with Gasteiger partial charge in [0.25, 0.3) is 17.2 Å². The minimum atomic E-state index is -4.01. The molecule has 282 valence electrons. The van der Waals surface area contributed by atoms with Crippen molar-refractivity contribution in [3.63, 3.8) is 0 Å². The van der Waals surface area contributed by atoms with Crippen LogP contribution in [0, 0.1) is 17.0 Å².